The SMILES string of the molecule is NC(Cc1cc(F)cc([N+](=O)[O-])c1)Cc1ccccc1F. The van der Waals surface area contributed by atoms with Gasteiger partial charge in [0.1, 0.15) is 11.6 Å². The molecule has 0 aliphatic carbocycles. The van der Waals surface area contributed by atoms with Gasteiger partial charge < -0.3 is 5.73 Å². The second-order valence-electron chi connectivity index (χ2n) is 4.83. The van der Waals surface area contributed by atoms with Crippen LogP contribution in [0.25, 0.3) is 0 Å². The average Bonchev–Trinajstić information content (AvgIpc) is 2.40. The molecule has 1 unspecified atom stereocenters. The van der Waals surface area contributed by atoms with Gasteiger partial charge in [0.15, 0.2) is 0 Å². The zero-order valence-electron chi connectivity index (χ0n) is 11.1. The molecule has 2 rings (SSSR count). The number of nitro benzene ring substituents is 1. The maximum atomic E-state index is 13.5. The monoisotopic (exact) mass is 292 g/mol. The van der Waals surface area contributed by atoms with E-state index in [2.05, 4.69) is 0 Å². The van der Waals surface area contributed by atoms with Gasteiger partial charge in [0.2, 0.25) is 0 Å². The van der Waals surface area contributed by atoms with Crippen LogP contribution in [0.4, 0.5) is 14.5 Å². The van der Waals surface area contributed by atoms with E-state index >= 15 is 0 Å². The molecular formula is C15H14F2N2O2. The molecule has 2 aromatic carbocycles. The van der Waals surface area contributed by atoms with Crippen molar-refractivity contribution in [2.45, 2.75) is 18.9 Å². The van der Waals surface area contributed by atoms with Gasteiger partial charge in [-0.2, -0.15) is 0 Å². The largest absolute Gasteiger partial charge is 0.327 e. The van der Waals surface area contributed by atoms with E-state index in [0.717, 1.165) is 6.07 Å². The molecule has 0 saturated heterocycles. The molecule has 2 aromatic rings. The molecule has 0 aliphatic heterocycles. The first-order valence-corrected chi connectivity index (χ1v) is 6.38. The van der Waals surface area contributed by atoms with Gasteiger partial charge in [-0.3, -0.25) is 10.1 Å². The van der Waals surface area contributed by atoms with Crippen molar-refractivity contribution in [1.82, 2.24) is 0 Å². The Bertz CT molecular complexity index is 662. The standard InChI is InChI=1S/C15H14F2N2O2/c16-12-5-10(7-14(9-12)19(20)21)6-13(18)8-11-3-1-2-4-15(11)17/h1-5,7,9,13H,6,8,18H2. The number of halogens is 2. The molecule has 0 amide bonds. The van der Waals surface area contributed by atoms with Crippen molar-refractivity contribution in [1.29, 1.82) is 0 Å². The average molecular weight is 292 g/mol. The summed E-state index contributed by atoms with van der Waals surface area (Å²) < 4.78 is 26.8. The number of nitrogens with zero attached hydrogens (tertiary/aromatic N) is 1. The number of benzene rings is 2. The van der Waals surface area contributed by atoms with Crippen molar-refractivity contribution in [2.75, 3.05) is 0 Å². The van der Waals surface area contributed by atoms with E-state index in [0.29, 0.717) is 11.1 Å². The Morgan fingerprint density at radius 3 is 2.52 bits per heavy atom. The highest BCUT2D eigenvalue weighted by molar-refractivity contribution is 5.35. The molecule has 6 heteroatoms. The van der Waals surface area contributed by atoms with Crippen molar-refractivity contribution >= 4 is 5.69 Å². The van der Waals surface area contributed by atoms with Gasteiger partial charge in [0, 0.05) is 12.1 Å². The zero-order chi connectivity index (χ0) is 15.4. The molecule has 0 saturated carbocycles. The third-order valence-corrected chi connectivity index (χ3v) is 3.09. The Kier molecular flexibility index (Phi) is 4.59. The van der Waals surface area contributed by atoms with Gasteiger partial charge in [-0.1, -0.05) is 18.2 Å². The lowest BCUT2D eigenvalue weighted by Gasteiger charge is -2.12. The summed E-state index contributed by atoms with van der Waals surface area (Å²) in [5.74, 6) is -1.03. The fraction of sp³-hybridized carbons (Fsp3) is 0.200. The van der Waals surface area contributed by atoms with Crippen LogP contribution >= 0.6 is 0 Å². The minimum absolute atomic E-state index is 0.229. The summed E-state index contributed by atoms with van der Waals surface area (Å²) >= 11 is 0. The summed E-state index contributed by atoms with van der Waals surface area (Å²) in [5, 5.41) is 10.7. The van der Waals surface area contributed by atoms with Crippen LogP contribution in [0.15, 0.2) is 42.5 Å². The summed E-state index contributed by atoms with van der Waals surface area (Å²) in [6.07, 6.45) is 0.504. The van der Waals surface area contributed by atoms with Gasteiger partial charge in [0.25, 0.3) is 5.69 Å². The Balaban J connectivity index is 2.11. The quantitative estimate of drug-likeness (QED) is 0.680. The summed E-state index contributed by atoms with van der Waals surface area (Å²) in [5.41, 5.74) is 6.50. The smallest absolute Gasteiger partial charge is 0.272 e. The van der Waals surface area contributed by atoms with E-state index in [1.54, 1.807) is 18.2 Å². The second-order valence-corrected chi connectivity index (χ2v) is 4.83. The van der Waals surface area contributed by atoms with E-state index < -0.39 is 16.8 Å². The molecule has 110 valence electrons. The summed E-state index contributed by atoms with van der Waals surface area (Å²) in [7, 11) is 0. The van der Waals surface area contributed by atoms with Crippen molar-refractivity contribution in [3.05, 3.63) is 75.3 Å². The lowest BCUT2D eigenvalue weighted by Crippen LogP contribution is -2.26. The van der Waals surface area contributed by atoms with Crippen LogP contribution in [0.1, 0.15) is 11.1 Å². The number of nitrogens with two attached hydrogens (primary N) is 1. The highest BCUT2D eigenvalue weighted by Gasteiger charge is 2.13. The molecule has 1 atom stereocenters. The second kappa shape index (κ2) is 6.41. The topological polar surface area (TPSA) is 69.2 Å². The van der Waals surface area contributed by atoms with Crippen LogP contribution in [0, 0.1) is 21.7 Å². The van der Waals surface area contributed by atoms with Gasteiger partial charge in [-0.25, -0.2) is 8.78 Å². The molecule has 0 fully saturated rings. The highest BCUT2D eigenvalue weighted by atomic mass is 19.1. The van der Waals surface area contributed by atoms with Crippen molar-refractivity contribution in [2.24, 2.45) is 5.73 Å². The third kappa shape index (κ3) is 4.06. The first-order chi connectivity index (χ1) is 9.95. The fourth-order valence-electron chi connectivity index (χ4n) is 2.18. The van der Waals surface area contributed by atoms with Crippen LogP contribution in [0.2, 0.25) is 0 Å². The minimum atomic E-state index is -0.683. The van der Waals surface area contributed by atoms with Gasteiger partial charge in [-0.05, 0) is 36.1 Å². The third-order valence-electron chi connectivity index (χ3n) is 3.09. The van der Waals surface area contributed by atoms with Crippen molar-refractivity contribution in [3.63, 3.8) is 0 Å². The van der Waals surface area contributed by atoms with Crippen LogP contribution in [0.3, 0.4) is 0 Å². The maximum absolute atomic E-state index is 13.5. The van der Waals surface area contributed by atoms with E-state index in [-0.39, 0.29) is 24.3 Å². The molecule has 2 N–H and O–H groups in total. The Hall–Kier alpha value is -2.34. The number of nitro groups is 1. The van der Waals surface area contributed by atoms with Crippen LogP contribution in [-0.2, 0) is 12.8 Å². The van der Waals surface area contributed by atoms with E-state index in [1.165, 1.54) is 18.2 Å². The van der Waals surface area contributed by atoms with E-state index in [1.807, 2.05) is 0 Å². The summed E-state index contributed by atoms with van der Waals surface area (Å²) in [6.45, 7) is 0. The molecule has 0 aromatic heterocycles. The lowest BCUT2D eigenvalue weighted by atomic mass is 9.99. The summed E-state index contributed by atoms with van der Waals surface area (Å²) in [4.78, 5) is 10.0. The number of rotatable bonds is 5. The Morgan fingerprint density at radius 2 is 1.86 bits per heavy atom. The Labute approximate surface area is 120 Å². The molecular weight excluding hydrogens is 278 g/mol. The Morgan fingerprint density at radius 1 is 1.14 bits per heavy atom. The molecule has 0 radical (unpaired) electrons. The lowest BCUT2D eigenvalue weighted by molar-refractivity contribution is -0.385. The van der Waals surface area contributed by atoms with Gasteiger partial charge >= 0.3 is 0 Å². The predicted molar refractivity (Wildman–Crippen MR) is 74.8 cm³/mol. The van der Waals surface area contributed by atoms with Crippen LogP contribution in [0.5, 0.6) is 0 Å². The first-order valence-electron chi connectivity index (χ1n) is 6.38. The minimum Gasteiger partial charge on any atom is -0.327 e. The van der Waals surface area contributed by atoms with Gasteiger partial charge in [-0.15, -0.1) is 0 Å². The first kappa shape index (κ1) is 15.1. The van der Waals surface area contributed by atoms with Crippen LogP contribution < -0.4 is 5.73 Å². The van der Waals surface area contributed by atoms with Crippen LogP contribution in [-0.4, -0.2) is 11.0 Å². The molecule has 0 aliphatic rings. The summed E-state index contributed by atoms with van der Waals surface area (Å²) in [6, 6.07) is 9.14. The molecule has 0 heterocycles. The number of hydrogen-bond acceptors (Lipinski definition) is 3. The molecule has 4 nitrogen and oxygen atoms in total. The normalized spacial score (nSPS) is 12.1. The highest BCUT2D eigenvalue weighted by Crippen LogP contribution is 2.18. The predicted octanol–water partition coefficient (Wildman–Crippen LogP) is 2.99. The van der Waals surface area contributed by atoms with Gasteiger partial charge in [0.05, 0.1) is 11.0 Å². The van der Waals surface area contributed by atoms with E-state index in [4.69, 9.17) is 5.73 Å². The zero-order valence-corrected chi connectivity index (χ0v) is 11.1. The van der Waals surface area contributed by atoms with Crippen molar-refractivity contribution < 1.29 is 13.7 Å². The molecule has 21 heavy (non-hydrogen) atoms. The fourth-order valence-corrected chi connectivity index (χ4v) is 2.18. The molecule has 0 bridgehead atoms. The van der Waals surface area contributed by atoms with Crippen molar-refractivity contribution in [3.8, 4) is 0 Å². The number of hydrogen-bond donors (Lipinski definition) is 1. The number of non-ortho nitro benzene ring substituents is 1. The maximum Gasteiger partial charge on any atom is 0.272 e. The molecule has 0 spiro atoms. The van der Waals surface area contributed by atoms with E-state index in [9.17, 15) is 18.9 Å².